The zero-order valence-corrected chi connectivity index (χ0v) is 8.99. The molecule has 0 aromatic heterocycles. The van der Waals surface area contributed by atoms with Crippen molar-refractivity contribution in [3.05, 3.63) is 11.8 Å². The van der Waals surface area contributed by atoms with E-state index in [1.807, 2.05) is 13.8 Å². The molecule has 14 heavy (non-hydrogen) atoms. The Hall–Kier alpha value is -0.540. The van der Waals surface area contributed by atoms with E-state index in [2.05, 4.69) is 0 Å². The van der Waals surface area contributed by atoms with Crippen LogP contribution in [0, 0.1) is 5.41 Å². The summed E-state index contributed by atoms with van der Waals surface area (Å²) in [5.41, 5.74) is -0.185. The standard InChI is InChI=1S/C11H20O3/c1-3-14-9-4-5-11(2,6-7-12)10(13)8-9/h8,10,12-13H,3-7H2,1-2H3. The number of ether oxygens (including phenoxy) is 1. The molecule has 0 aromatic rings. The number of hydrogen-bond donors (Lipinski definition) is 2. The van der Waals surface area contributed by atoms with Crippen molar-refractivity contribution < 1.29 is 14.9 Å². The van der Waals surface area contributed by atoms with Gasteiger partial charge in [0, 0.05) is 13.0 Å². The molecule has 1 rings (SSSR count). The Bertz CT molecular complexity index is 213. The van der Waals surface area contributed by atoms with Gasteiger partial charge >= 0.3 is 0 Å². The lowest BCUT2D eigenvalue weighted by molar-refractivity contribution is 0.0262. The molecule has 82 valence electrons. The fraction of sp³-hybridized carbons (Fsp3) is 0.818. The van der Waals surface area contributed by atoms with Crippen LogP contribution in [0.3, 0.4) is 0 Å². The Morgan fingerprint density at radius 2 is 2.36 bits per heavy atom. The van der Waals surface area contributed by atoms with Crippen LogP contribution in [0.5, 0.6) is 0 Å². The van der Waals surface area contributed by atoms with Gasteiger partial charge in [-0.05, 0) is 31.3 Å². The van der Waals surface area contributed by atoms with Crippen LogP contribution in [0.1, 0.15) is 33.1 Å². The molecule has 3 nitrogen and oxygen atoms in total. The van der Waals surface area contributed by atoms with E-state index in [4.69, 9.17) is 9.84 Å². The first-order valence-electron chi connectivity index (χ1n) is 5.25. The number of aliphatic hydroxyl groups is 2. The lowest BCUT2D eigenvalue weighted by atomic mass is 9.74. The summed E-state index contributed by atoms with van der Waals surface area (Å²) in [6, 6.07) is 0. The van der Waals surface area contributed by atoms with Crippen LogP contribution < -0.4 is 0 Å². The molecule has 2 unspecified atom stereocenters. The van der Waals surface area contributed by atoms with E-state index in [9.17, 15) is 5.11 Å². The molecular weight excluding hydrogens is 180 g/mol. The van der Waals surface area contributed by atoms with Crippen molar-refractivity contribution >= 4 is 0 Å². The van der Waals surface area contributed by atoms with Crippen LogP contribution in [0.2, 0.25) is 0 Å². The Balaban J connectivity index is 2.63. The smallest absolute Gasteiger partial charge is 0.0945 e. The van der Waals surface area contributed by atoms with Gasteiger partial charge in [-0.2, -0.15) is 0 Å². The largest absolute Gasteiger partial charge is 0.498 e. The number of aliphatic hydroxyl groups excluding tert-OH is 2. The first-order chi connectivity index (χ1) is 6.62. The predicted molar refractivity (Wildman–Crippen MR) is 54.8 cm³/mol. The van der Waals surface area contributed by atoms with Gasteiger partial charge in [0.25, 0.3) is 0 Å². The van der Waals surface area contributed by atoms with Gasteiger partial charge in [-0.15, -0.1) is 0 Å². The summed E-state index contributed by atoms with van der Waals surface area (Å²) < 4.78 is 5.36. The summed E-state index contributed by atoms with van der Waals surface area (Å²) in [6.07, 6.45) is 3.67. The van der Waals surface area contributed by atoms with E-state index in [1.54, 1.807) is 6.08 Å². The third kappa shape index (κ3) is 2.49. The van der Waals surface area contributed by atoms with Gasteiger partial charge in [-0.3, -0.25) is 0 Å². The number of allylic oxidation sites excluding steroid dienone is 1. The molecule has 0 saturated heterocycles. The van der Waals surface area contributed by atoms with Gasteiger partial charge in [-0.25, -0.2) is 0 Å². The highest BCUT2D eigenvalue weighted by atomic mass is 16.5. The highest BCUT2D eigenvalue weighted by Gasteiger charge is 2.34. The van der Waals surface area contributed by atoms with Gasteiger partial charge in [0.2, 0.25) is 0 Å². The molecule has 0 aliphatic heterocycles. The van der Waals surface area contributed by atoms with Crippen molar-refractivity contribution in [2.45, 2.75) is 39.2 Å². The molecule has 2 N–H and O–H groups in total. The van der Waals surface area contributed by atoms with Crippen molar-refractivity contribution in [3.63, 3.8) is 0 Å². The zero-order chi connectivity index (χ0) is 10.6. The van der Waals surface area contributed by atoms with Crippen molar-refractivity contribution in [2.75, 3.05) is 13.2 Å². The first kappa shape index (κ1) is 11.5. The van der Waals surface area contributed by atoms with Crippen molar-refractivity contribution in [3.8, 4) is 0 Å². The minimum absolute atomic E-state index is 0.130. The Labute approximate surface area is 85.4 Å². The number of hydrogen-bond acceptors (Lipinski definition) is 3. The van der Waals surface area contributed by atoms with Crippen molar-refractivity contribution in [1.82, 2.24) is 0 Å². The molecule has 0 amide bonds. The van der Waals surface area contributed by atoms with Crippen molar-refractivity contribution in [2.24, 2.45) is 5.41 Å². The van der Waals surface area contributed by atoms with Crippen LogP contribution in [-0.4, -0.2) is 29.5 Å². The lowest BCUT2D eigenvalue weighted by Crippen LogP contribution is -2.35. The third-order valence-electron chi connectivity index (χ3n) is 3.01. The number of rotatable bonds is 4. The maximum absolute atomic E-state index is 9.89. The summed E-state index contributed by atoms with van der Waals surface area (Å²) in [5.74, 6) is 0.885. The van der Waals surface area contributed by atoms with Crippen molar-refractivity contribution in [1.29, 1.82) is 0 Å². The zero-order valence-electron chi connectivity index (χ0n) is 8.99. The SMILES string of the molecule is CCOC1=CC(O)C(C)(CCO)CC1. The van der Waals surface area contributed by atoms with Gasteiger partial charge in [0.1, 0.15) is 0 Å². The molecule has 0 heterocycles. The van der Waals surface area contributed by atoms with Crippen LogP contribution in [0.15, 0.2) is 11.8 Å². The maximum atomic E-state index is 9.89. The quantitative estimate of drug-likeness (QED) is 0.722. The average molecular weight is 200 g/mol. The normalized spacial score (nSPS) is 32.6. The molecule has 1 aliphatic rings. The van der Waals surface area contributed by atoms with E-state index in [0.29, 0.717) is 13.0 Å². The fourth-order valence-corrected chi connectivity index (χ4v) is 1.85. The molecule has 0 aromatic carbocycles. The van der Waals surface area contributed by atoms with E-state index in [0.717, 1.165) is 18.6 Å². The molecule has 3 heteroatoms. The van der Waals surface area contributed by atoms with Gasteiger partial charge < -0.3 is 14.9 Å². The van der Waals surface area contributed by atoms with Gasteiger partial charge in [0.05, 0.1) is 18.5 Å². The average Bonchev–Trinajstić information content (AvgIpc) is 2.13. The topological polar surface area (TPSA) is 49.7 Å². The summed E-state index contributed by atoms with van der Waals surface area (Å²) >= 11 is 0. The molecule has 1 aliphatic carbocycles. The van der Waals surface area contributed by atoms with E-state index >= 15 is 0 Å². The monoisotopic (exact) mass is 200 g/mol. The fourth-order valence-electron chi connectivity index (χ4n) is 1.85. The Kier molecular flexibility index (Phi) is 3.96. The third-order valence-corrected chi connectivity index (χ3v) is 3.01. The molecule has 0 fully saturated rings. The Morgan fingerprint density at radius 3 is 2.86 bits per heavy atom. The summed E-state index contributed by atoms with van der Waals surface area (Å²) in [5, 5.41) is 18.8. The second-order valence-corrected chi connectivity index (χ2v) is 4.14. The van der Waals surface area contributed by atoms with Crippen LogP contribution >= 0.6 is 0 Å². The van der Waals surface area contributed by atoms with Gasteiger partial charge in [0.15, 0.2) is 0 Å². The van der Waals surface area contributed by atoms with Gasteiger partial charge in [-0.1, -0.05) is 6.92 Å². The van der Waals surface area contributed by atoms with Crippen LogP contribution in [0.25, 0.3) is 0 Å². The predicted octanol–water partition coefficient (Wildman–Crippen LogP) is 1.45. The molecule has 0 radical (unpaired) electrons. The van der Waals surface area contributed by atoms with E-state index < -0.39 is 6.10 Å². The molecular formula is C11H20O3. The molecule has 2 atom stereocenters. The summed E-state index contributed by atoms with van der Waals surface area (Å²) in [4.78, 5) is 0. The minimum atomic E-state index is -0.495. The lowest BCUT2D eigenvalue weighted by Gasteiger charge is -2.36. The summed E-state index contributed by atoms with van der Waals surface area (Å²) in [7, 11) is 0. The second-order valence-electron chi connectivity index (χ2n) is 4.14. The minimum Gasteiger partial charge on any atom is -0.498 e. The molecule has 0 saturated carbocycles. The molecule has 0 bridgehead atoms. The summed E-state index contributed by atoms with van der Waals surface area (Å²) in [6.45, 7) is 4.72. The Morgan fingerprint density at radius 1 is 1.64 bits per heavy atom. The van der Waals surface area contributed by atoms with E-state index in [-0.39, 0.29) is 12.0 Å². The van der Waals surface area contributed by atoms with E-state index in [1.165, 1.54) is 0 Å². The first-order valence-corrected chi connectivity index (χ1v) is 5.25. The highest BCUT2D eigenvalue weighted by molar-refractivity contribution is 5.08. The van der Waals surface area contributed by atoms with Crippen LogP contribution in [-0.2, 0) is 4.74 Å². The highest BCUT2D eigenvalue weighted by Crippen LogP contribution is 2.38. The second kappa shape index (κ2) is 4.80. The van der Waals surface area contributed by atoms with Crippen LogP contribution in [0.4, 0.5) is 0 Å². The molecule has 0 spiro atoms. The maximum Gasteiger partial charge on any atom is 0.0945 e.